The first-order valence-corrected chi connectivity index (χ1v) is 15.7. The average molecular weight is 294 g/mol. The number of halogens is 2. The van der Waals surface area contributed by atoms with E-state index in [1.165, 1.54) is 0 Å². The molecule has 0 aliphatic carbocycles. The van der Waals surface area contributed by atoms with Gasteiger partial charge in [-0.25, -0.2) is 0 Å². The van der Waals surface area contributed by atoms with Gasteiger partial charge in [0.15, 0.2) is 0 Å². The second-order valence-electron chi connectivity index (χ2n) is 0.757. The van der Waals surface area contributed by atoms with E-state index in [1.807, 2.05) is 0 Å². The number of aromatic nitrogens is 3. The summed E-state index contributed by atoms with van der Waals surface area (Å²) in [5.74, 6) is 0. The number of hydrogen-bond donors (Lipinski definition) is 1. The number of rotatable bonds is 0. The molecule has 1 N–H and O–H groups in total. The van der Waals surface area contributed by atoms with Crippen LogP contribution in [-0.4, -0.2) is 15.4 Å². The number of hydrogen-bond acceptors (Lipinski definition) is 2. The van der Waals surface area contributed by atoms with Gasteiger partial charge in [0.05, 0.1) is 12.4 Å². The van der Waals surface area contributed by atoms with E-state index in [1.54, 1.807) is 12.4 Å². The monoisotopic (exact) mass is 291 g/mol. The van der Waals surface area contributed by atoms with Crippen molar-refractivity contribution in [3.05, 3.63) is 12.4 Å². The van der Waals surface area contributed by atoms with Gasteiger partial charge in [0.25, 0.3) is 0 Å². The molecule has 1 rings (SSSR count). The Morgan fingerprint density at radius 3 is 1.75 bits per heavy atom. The molecule has 0 aliphatic heterocycles. The molecule has 8 heavy (non-hydrogen) atoms. The third-order valence-corrected chi connectivity index (χ3v) is 0.331. The second kappa shape index (κ2) is 7.72. The summed E-state index contributed by atoms with van der Waals surface area (Å²) in [6.45, 7) is 0. The molecule has 3 nitrogen and oxygen atoms in total. The third-order valence-electron chi connectivity index (χ3n) is 0.331. The van der Waals surface area contributed by atoms with Crippen LogP contribution in [0.25, 0.3) is 0 Å². The van der Waals surface area contributed by atoms with Crippen molar-refractivity contribution in [2.75, 3.05) is 0 Å². The van der Waals surface area contributed by atoms with Gasteiger partial charge in [-0.15, -0.1) is 0 Å². The molecule has 6 heteroatoms. The van der Waals surface area contributed by atoms with E-state index in [0.717, 1.165) is 0 Å². The Morgan fingerprint density at radius 1 is 1.25 bits per heavy atom. The maximum atomic E-state index is 3.49. The van der Waals surface area contributed by atoms with Gasteiger partial charge >= 0.3 is 40.5 Å². The van der Waals surface area contributed by atoms with Gasteiger partial charge in [0, 0.05) is 0 Å². The van der Waals surface area contributed by atoms with Gasteiger partial charge < -0.3 is 0 Å². The summed E-state index contributed by atoms with van der Waals surface area (Å²) >= 11 is 6.25. The molecule has 1 aromatic heterocycles. The summed E-state index contributed by atoms with van der Waals surface area (Å²) in [5, 5.41) is 9.33. The molecule has 0 aliphatic rings. The molecule has 0 atom stereocenters. The predicted molar refractivity (Wildman–Crippen MR) is 34.2 cm³/mol. The van der Waals surface area contributed by atoms with E-state index in [-0.39, 0.29) is 13.2 Å². The minimum Gasteiger partial charge on any atom is -0.198 e. The van der Waals surface area contributed by atoms with Gasteiger partial charge in [-0.3, -0.25) is 0 Å². The van der Waals surface area contributed by atoms with Gasteiger partial charge in [-0.05, 0) is 0 Å². The van der Waals surface area contributed by atoms with Crippen LogP contribution in [0.3, 0.4) is 0 Å². The molecule has 1 aromatic rings. The SMILES string of the molecule is [Br][Zn][Br].c1cn[nH]n1. The Balaban J connectivity index is 0.000000145. The second-order valence-corrected chi connectivity index (χ2v) is 14.8. The number of nitrogens with one attached hydrogen (secondary N) is 1. The molecule has 0 saturated carbocycles. The fourth-order valence-electron chi connectivity index (χ4n) is 0.167. The first kappa shape index (κ1) is 8.72. The molecule has 0 aromatic carbocycles. The van der Waals surface area contributed by atoms with Crippen LogP contribution in [0.4, 0.5) is 0 Å². The summed E-state index contributed by atoms with van der Waals surface area (Å²) in [6, 6.07) is 0. The van der Waals surface area contributed by atoms with Gasteiger partial charge in [-0.1, -0.05) is 0 Å². The van der Waals surface area contributed by atoms with Crippen LogP contribution < -0.4 is 0 Å². The molecule has 0 amide bonds. The minimum atomic E-state index is -0.250. The Hall–Kier alpha value is 0.723. The van der Waals surface area contributed by atoms with Gasteiger partial charge in [0.2, 0.25) is 0 Å². The Labute approximate surface area is 67.9 Å². The minimum absolute atomic E-state index is 0.250. The van der Waals surface area contributed by atoms with Crippen molar-refractivity contribution in [2.24, 2.45) is 0 Å². The van der Waals surface area contributed by atoms with E-state index in [0.29, 0.717) is 0 Å². The molecule has 1 heterocycles. The van der Waals surface area contributed by atoms with Gasteiger partial charge in [-0.2, -0.15) is 15.4 Å². The van der Waals surface area contributed by atoms with Gasteiger partial charge in [0.1, 0.15) is 0 Å². The summed E-state index contributed by atoms with van der Waals surface area (Å²) < 4.78 is 0. The largest absolute Gasteiger partial charge is 0.198 e. The zero-order chi connectivity index (χ0) is 6.24. The smallest absolute Gasteiger partial charge is 0.0690 e. The topological polar surface area (TPSA) is 41.6 Å². The number of H-pyrrole nitrogens is 1. The van der Waals surface area contributed by atoms with Crippen molar-refractivity contribution in [3.8, 4) is 0 Å². The van der Waals surface area contributed by atoms with E-state index in [9.17, 15) is 0 Å². The van der Waals surface area contributed by atoms with Crippen molar-refractivity contribution in [1.82, 2.24) is 15.4 Å². The first-order valence-electron chi connectivity index (χ1n) is 1.83. The first-order chi connectivity index (χ1) is 3.91. The summed E-state index contributed by atoms with van der Waals surface area (Å²) in [7, 11) is 0. The molecule has 0 unspecified atom stereocenters. The molecule has 0 bridgehead atoms. The zero-order valence-corrected chi connectivity index (χ0v) is 10.2. The maximum absolute atomic E-state index is 3.49. The predicted octanol–water partition coefficient (Wildman–Crippen LogP) is 1.49. The molecule has 0 saturated heterocycles. The quantitative estimate of drug-likeness (QED) is 0.737. The van der Waals surface area contributed by atoms with Crippen molar-refractivity contribution in [3.63, 3.8) is 0 Å². The number of nitrogens with zero attached hydrogens (tertiary/aromatic N) is 2. The van der Waals surface area contributed by atoms with Crippen molar-refractivity contribution in [1.29, 1.82) is 0 Å². The molecular weight excluding hydrogens is 291 g/mol. The van der Waals surface area contributed by atoms with Crippen molar-refractivity contribution >= 4 is 27.2 Å². The van der Waals surface area contributed by atoms with Crippen LogP contribution >= 0.6 is 27.2 Å². The average Bonchev–Trinajstić information content (AvgIpc) is 2.17. The van der Waals surface area contributed by atoms with E-state index in [4.69, 9.17) is 0 Å². The van der Waals surface area contributed by atoms with Crippen molar-refractivity contribution < 1.29 is 13.2 Å². The fraction of sp³-hybridized carbons (Fsp3) is 0. The fourth-order valence-corrected chi connectivity index (χ4v) is 0.167. The molecule has 42 valence electrons. The Kier molecular flexibility index (Phi) is 8.42. The zero-order valence-electron chi connectivity index (χ0n) is 4.01. The van der Waals surface area contributed by atoms with Crippen LogP contribution in [0.15, 0.2) is 12.4 Å². The standard InChI is InChI=1S/C2H3N3.2BrH.Zn/c1-2-4-5-3-1;;;/h1-2H,(H,3,4,5);2*1H;/q;;;+2/p-2. The van der Waals surface area contributed by atoms with Crippen LogP contribution in [0.2, 0.25) is 0 Å². The third kappa shape index (κ3) is 6.72. The van der Waals surface area contributed by atoms with Crippen LogP contribution in [0, 0.1) is 0 Å². The summed E-state index contributed by atoms with van der Waals surface area (Å²) in [5.41, 5.74) is 0. The van der Waals surface area contributed by atoms with Crippen LogP contribution in [0.1, 0.15) is 0 Å². The molecule has 0 fully saturated rings. The molecular formula is C2H3Br2N3Zn. The molecule has 0 radical (unpaired) electrons. The normalized spacial score (nSPS) is 6.25. The summed E-state index contributed by atoms with van der Waals surface area (Å²) in [6.07, 6.45) is 3.17. The van der Waals surface area contributed by atoms with E-state index in [2.05, 4.69) is 42.7 Å². The van der Waals surface area contributed by atoms with Crippen molar-refractivity contribution in [2.45, 2.75) is 0 Å². The summed E-state index contributed by atoms with van der Waals surface area (Å²) in [4.78, 5) is 0. The maximum Gasteiger partial charge on any atom is 0.0690 e. The molecule has 0 spiro atoms. The van der Waals surface area contributed by atoms with E-state index >= 15 is 0 Å². The van der Waals surface area contributed by atoms with E-state index < -0.39 is 0 Å². The van der Waals surface area contributed by atoms with Crippen LogP contribution in [0.5, 0.6) is 0 Å². The number of aromatic amines is 1. The Morgan fingerprint density at radius 2 is 1.62 bits per heavy atom. The Bertz CT molecular complexity index is 82.2. The van der Waals surface area contributed by atoms with Crippen LogP contribution in [-0.2, 0) is 13.2 Å².